The summed E-state index contributed by atoms with van der Waals surface area (Å²) in [5.41, 5.74) is 4.25. The zero-order chi connectivity index (χ0) is 17.4. The largest absolute Gasteiger partial charge is 0.484 e. The molecule has 0 aliphatic rings. The minimum atomic E-state index is -0.590. The molecule has 1 aromatic carbocycles. The third-order valence-corrected chi connectivity index (χ3v) is 2.68. The molecule has 1 heterocycles. The molecule has 2 aromatic rings. The number of benzene rings is 1. The summed E-state index contributed by atoms with van der Waals surface area (Å²) in [4.78, 5) is 33.0. The molecule has 0 saturated carbocycles. The van der Waals surface area contributed by atoms with Crippen molar-refractivity contribution in [3.8, 4) is 5.75 Å². The van der Waals surface area contributed by atoms with Crippen molar-refractivity contribution in [1.82, 2.24) is 10.9 Å². The Labute approximate surface area is 136 Å². The Kier molecular flexibility index (Phi) is 5.67. The second-order valence-electron chi connectivity index (χ2n) is 4.43. The molecule has 2 N–H and O–H groups in total. The van der Waals surface area contributed by atoms with Gasteiger partial charge in [0.2, 0.25) is 0 Å². The van der Waals surface area contributed by atoms with Crippen LogP contribution in [0.25, 0.3) is 6.08 Å². The van der Waals surface area contributed by atoms with Gasteiger partial charge in [0.15, 0.2) is 6.61 Å². The lowest BCUT2D eigenvalue weighted by molar-refractivity contribution is -0.384. The Morgan fingerprint density at radius 2 is 1.96 bits per heavy atom. The Hall–Kier alpha value is -3.62. The van der Waals surface area contributed by atoms with E-state index in [1.165, 1.54) is 42.7 Å². The number of furan rings is 1. The van der Waals surface area contributed by atoms with Crippen LogP contribution in [0, 0.1) is 10.1 Å². The van der Waals surface area contributed by atoms with Crippen LogP contribution in [0.2, 0.25) is 0 Å². The van der Waals surface area contributed by atoms with Gasteiger partial charge in [-0.15, -0.1) is 0 Å². The summed E-state index contributed by atoms with van der Waals surface area (Å²) in [6.07, 6.45) is 4.10. The molecule has 24 heavy (non-hydrogen) atoms. The number of hydrazine groups is 1. The molecule has 0 atom stereocenters. The van der Waals surface area contributed by atoms with Crippen LogP contribution >= 0.6 is 0 Å². The van der Waals surface area contributed by atoms with Gasteiger partial charge in [-0.2, -0.15) is 0 Å². The SMILES string of the molecule is O=C(/C=C/c1ccco1)NNC(=O)COc1ccc([N+](=O)[O-])cc1. The second-order valence-corrected chi connectivity index (χ2v) is 4.43. The number of nitro benzene ring substituents is 1. The smallest absolute Gasteiger partial charge is 0.276 e. The maximum absolute atomic E-state index is 11.5. The first-order chi connectivity index (χ1) is 11.5. The van der Waals surface area contributed by atoms with Gasteiger partial charge in [-0.05, 0) is 30.3 Å². The predicted octanol–water partition coefficient (Wildman–Crippen LogP) is 1.43. The molecule has 0 bridgehead atoms. The molecular weight excluding hydrogens is 318 g/mol. The molecule has 0 radical (unpaired) electrons. The van der Waals surface area contributed by atoms with Crippen molar-refractivity contribution in [2.75, 3.05) is 6.61 Å². The molecule has 0 unspecified atom stereocenters. The van der Waals surface area contributed by atoms with Crippen molar-refractivity contribution in [3.05, 3.63) is 64.6 Å². The van der Waals surface area contributed by atoms with Gasteiger partial charge in [0.1, 0.15) is 11.5 Å². The van der Waals surface area contributed by atoms with E-state index in [1.807, 2.05) is 0 Å². The zero-order valence-electron chi connectivity index (χ0n) is 12.3. The summed E-state index contributed by atoms with van der Waals surface area (Å²) in [6, 6.07) is 8.60. The van der Waals surface area contributed by atoms with Crippen LogP contribution < -0.4 is 15.6 Å². The van der Waals surface area contributed by atoms with Gasteiger partial charge in [0.25, 0.3) is 17.5 Å². The lowest BCUT2D eigenvalue weighted by atomic mass is 10.3. The lowest BCUT2D eigenvalue weighted by Gasteiger charge is -2.07. The number of nitrogens with one attached hydrogen (secondary N) is 2. The van der Waals surface area contributed by atoms with E-state index in [9.17, 15) is 19.7 Å². The Balaban J connectivity index is 1.71. The van der Waals surface area contributed by atoms with Crippen molar-refractivity contribution in [2.45, 2.75) is 0 Å². The average Bonchev–Trinajstić information content (AvgIpc) is 3.10. The molecule has 0 aliphatic heterocycles. The van der Waals surface area contributed by atoms with Crippen LogP contribution in [-0.4, -0.2) is 23.3 Å². The van der Waals surface area contributed by atoms with E-state index in [0.717, 1.165) is 0 Å². The molecule has 9 heteroatoms. The van der Waals surface area contributed by atoms with Gasteiger partial charge in [0, 0.05) is 18.2 Å². The molecule has 124 valence electrons. The summed E-state index contributed by atoms with van der Waals surface area (Å²) in [7, 11) is 0. The van der Waals surface area contributed by atoms with Gasteiger partial charge in [-0.1, -0.05) is 0 Å². The first-order valence-corrected chi connectivity index (χ1v) is 6.72. The highest BCUT2D eigenvalue weighted by molar-refractivity contribution is 5.92. The number of amides is 2. The number of carbonyl (C=O) groups excluding carboxylic acids is 2. The number of hydrogen-bond donors (Lipinski definition) is 2. The van der Waals surface area contributed by atoms with Crippen molar-refractivity contribution in [3.63, 3.8) is 0 Å². The highest BCUT2D eigenvalue weighted by atomic mass is 16.6. The summed E-state index contributed by atoms with van der Waals surface area (Å²) in [5.74, 6) is -0.346. The lowest BCUT2D eigenvalue weighted by Crippen LogP contribution is -2.43. The molecule has 2 rings (SSSR count). The van der Waals surface area contributed by atoms with Crippen molar-refractivity contribution >= 4 is 23.6 Å². The highest BCUT2D eigenvalue weighted by Gasteiger charge is 2.07. The fraction of sp³-hybridized carbons (Fsp3) is 0.0667. The standard InChI is InChI=1S/C15H13N3O6/c19-14(8-7-12-2-1-9-23-12)16-17-15(20)10-24-13-5-3-11(4-6-13)18(21)22/h1-9H,10H2,(H,16,19)(H,17,20)/b8-7+. The van der Waals surface area contributed by atoms with Gasteiger partial charge >= 0.3 is 0 Å². The first-order valence-electron chi connectivity index (χ1n) is 6.72. The quantitative estimate of drug-likeness (QED) is 0.469. The summed E-state index contributed by atoms with van der Waals surface area (Å²) >= 11 is 0. The first kappa shape index (κ1) is 16.7. The van der Waals surface area contributed by atoms with Crippen LogP contribution in [-0.2, 0) is 9.59 Å². The van der Waals surface area contributed by atoms with Crippen LogP contribution in [0.1, 0.15) is 5.76 Å². The predicted molar refractivity (Wildman–Crippen MR) is 82.6 cm³/mol. The van der Waals surface area contributed by atoms with Crippen molar-refractivity contribution < 1.29 is 23.7 Å². The minimum Gasteiger partial charge on any atom is -0.484 e. The van der Waals surface area contributed by atoms with Crippen molar-refractivity contribution in [1.29, 1.82) is 0 Å². The van der Waals surface area contributed by atoms with E-state index in [0.29, 0.717) is 11.5 Å². The molecule has 0 saturated heterocycles. The van der Waals surface area contributed by atoms with E-state index in [-0.39, 0.29) is 12.3 Å². The second kappa shape index (κ2) is 8.13. The number of non-ortho nitro benzene ring substituents is 1. The number of hydrogen-bond acceptors (Lipinski definition) is 6. The third-order valence-electron chi connectivity index (χ3n) is 2.68. The topological polar surface area (TPSA) is 124 Å². The highest BCUT2D eigenvalue weighted by Crippen LogP contribution is 2.16. The molecule has 0 fully saturated rings. The third kappa shape index (κ3) is 5.30. The number of ether oxygens (including phenoxy) is 1. The summed E-state index contributed by atoms with van der Waals surface area (Å²) in [6.45, 7) is -0.361. The van der Waals surface area contributed by atoms with E-state index in [4.69, 9.17) is 9.15 Å². The Bertz CT molecular complexity index is 737. The molecular formula is C15H13N3O6. The maximum Gasteiger partial charge on any atom is 0.276 e. The average molecular weight is 331 g/mol. The number of carbonyl (C=O) groups is 2. The fourth-order valence-corrected chi connectivity index (χ4v) is 1.57. The van der Waals surface area contributed by atoms with Gasteiger partial charge in [-0.25, -0.2) is 0 Å². The number of nitro groups is 1. The Morgan fingerprint density at radius 1 is 1.21 bits per heavy atom. The van der Waals surface area contributed by atoms with E-state index in [2.05, 4.69) is 10.9 Å². The molecule has 0 aliphatic carbocycles. The molecule has 1 aromatic heterocycles. The van der Waals surface area contributed by atoms with Gasteiger partial charge < -0.3 is 9.15 Å². The van der Waals surface area contributed by atoms with E-state index in [1.54, 1.807) is 12.1 Å². The van der Waals surface area contributed by atoms with Gasteiger partial charge in [-0.3, -0.25) is 30.6 Å². The number of nitrogens with zero attached hydrogens (tertiary/aromatic N) is 1. The van der Waals surface area contributed by atoms with E-state index < -0.39 is 16.7 Å². The van der Waals surface area contributed by atoms with E-state index >= 15 is 0 Å². The fourth-order valence-electron chi connectivity index (χ4n) is 1.57. The van der Waals surface area contributed by atoms with Gasteiger partial charge in [0.05, 0.1) is 11.2 Å². The normalized spacial score (nSPS) is 10.3. The van der Waals surface area contributed by atoms with Crippen LogP contribution in [0.5, 0.6) is 5.75 Å². The van der Waals surface area contributed by atoms with Crippen LogP contribution in [0.4, 0.5) is 5.69 Å². The summed E-state index contributed by atoms with van der Waals surface area (Å²) < 4.78 is 10.1. The van der Waals surface area contributed by atoms with Crippen molar-refractivity contribution in [2.24, 2.45) is 0 Å². The molecule has 0 spiro atoms. The van der Waals surface area contributed by atoms with Crippen LogP contribution in [0.15, 0.2) is 53.2 Å². The maximum atomic E-state index is 11.5. The zero-order valence-corrected chi connectivity index (χ0v) is 12.3. The number of rotatable bonds is 6. The summed E-state index contributed by atoms with van der Waals surface area (Å²) in [5, 5.41) is 10.5. The Morgan fingerprint density at radius 3 is 2.58 bits per heavy atom. The minimum absolute atomic E-state index is 0.0811. The monoisotopic (exact) mass is 331 g/mol. The molecule has 9 nitrogen and oxygen atoms in total. The van der Waals surface area contributed by atoms with Crippen LogP contribution in [0.3, 0.4) is 0 Å². The molecule has 2 amide bonds.